The van der Waals surface area contributed by atoms with Crippen LogP contribution in [0.15, 0.2) is 40.8 Å². The van der Waals surface area contributed by atoms with Crippen molar-refractivity contribution in [3.05, 3.63) is 41.4 Å². The SMILES string of the molecule is CCOP(=O)(OCC)OCC1CCN(c2cc3c(cc2NC(=O)/C(C=N)=C2\N=CC=CN2)CC(C)(C)O3)CC1. The highest BCUT2D eigenvalue weighted by molar-refractivity contribution is 7.48. The van der Waals surface area contributed by atoms with Gasteiger partial charge in [0, 0.05) is 49.8 Å². The summed E-state index contributed by atoms with van der Waals surface area (Å²) in [7, 11) is -3.55. The molecule has 0 spiro atoms. The average Bonchev–Trinajstić information content (AvgIpc) is 3.21. The lowest BCUT2D eigenvalue weighted by Gasteiger charge is -2.35. The number of fused-ring (bicyclic) bond motifs is 1. The van der Waals surface area contributed by atoms with Crippen LogP contribution in [0.5, 0.6) is 5.75 Å². The first-order valence-corrected chi connectivity index (χ1v) is 14.8. The number of nitrogens with zero attached hydrogens (tertiary/aromatic N) is 2. The number of nitrogens with one attached hydrogen (secondary N) is 3. The van der Waals surface area contributed by atoms with E-state index in [-0.39, 0.29) is 36.9 Å². The molecular weight excluding hydrogens is 521 g/mol. The molecule has 1 aromatic carbocycles. The third-order valence-electron chi connectivity index (χ3n) is 6.68. The monoisotopic (exact) mass is 559 g/mol. The van der Waals surface area contributed by atoms with Crippen molar-refractivity contribution in [1.82, 2.24) is 5.32 Å². The molecular formula is C27H38N5O6P. The van der Waals surface area contributed by atoms with Crippen molar-refractivity contribution in [3.8, 4) is 5.75 Å². The number of aliphatic imine (C=N–C) groups is 1. The van der Waals surface area contributed by atoms with Crippen LogP contribution in [0.25, 0.3) is 0 Å². The van der Waals surface area contributed by atoms with Gasteiger partial charge in [-0.2, -0.15) is 0 Å². The van der Waals surface area contributed by atoms with E-state index in [4.69, 9.17) is 23.7 Å². The van der Waals surface area contributed by atoms with Gasteiger partial charge in [0.2, 0.25) is 0 Å². The first-order chi connectivity index (χ1) is 18.7. The Morgan fingerprint density at radius 1 is 1.26 bits per heavy atom. The van der Waals surface area contributed by atoms with Gasteiger partial charge in [0.1, 0.15) is 17.2 Å². The smallest absolute Gasteiger partial charge is 0.474 e. The van der Waals surface area contributed by atoms with Crippen molar-refractivity contribution in [3.63, 3.8) is 0 Å². The van der Waals surface area contributed by atoms with E-state index in [1.807, 2.05) is 26.0 Å². The van der Waals surface area contributed by atoms with Crippen molar-refractivity contribution in [2.45, 2.75) is 52.6 Å². The molecule has 0 aliphatic carbocycles. The Kier molecular flexibility index (Phi) is 9.27. The number of carbonyl (C=O) groups excluding carboxylic acids is 1. The molecule has 11 nitrogen and oxygen atoms in total. The van der Waals surface area contributed by atoms with Crippen molar-refractivity contribution in [2.24, 2.45) is 10.9 Å². The summed E-state index contributed by atoms with van der Waals surface area (Å²) < 4.78 is 35.0. The summed E-state index contributed by atoms with van der Waals surface area (Å²) in [5, 5.41) is 13.8. The lowest BCUT2D eigenvalue weighted by Crippen LogP contribution is -2.35. The van der Waals surface area contributed by atoms with E-state index < -0.39 is 13.7 Å². The number of allylic oxidation sites excluding steroid dienone is 1. The number of rotatable bonds is 11. The molecule has 0 bridgehead atoms. The Labute approximate surface area is 229 Å². The molecule has 4 rings (SSSR count). The minimum absolute atomic E-state index is 0.127. The number of phosphoric ester groups is 1. The van der Waals surface area contributed by atoms with Gasteiger partial charge in [0.15, 0.2) is 0 Å². The maximum absolute atomic E-state index is 13.3. The highest BCUT2D eigenvalue weighted by Gasteiger charge is 2.33. The zero-order chi connectivity index (χ0) is 28.0. The maximum Gasteiger partial charge on any atom is 0.474 e. The maximum atomic E-state index is 13.3. The Balaban J connectivity index is 1.51. The molecule has 0 aromatic heterocycles. The van der Waals surface area contributed by atoms with Gasteiger partial charge in [-0.3, -0.25) is 18.4 Å². The molecule has 212 valence electrons. The van der Waals surface area contributed by atoms with Crippen LogP contribution in [0.1, 0.15) is 46.1 Å². The first-order valence-electron chi connectivity index (χ1n) is 13.3. The molecule has 3 heterocycles. The fraction of sp³-hybridized carbons (Fsp3) is 0.519. The summed E-state index contributed by atoms with van der Waals surface area (Å²) in [5.41, 5.74) is 2.31. The van der Waals surface area contributed by atoms with Gasteiger partial charge in [-0.15, -0.1) is 0 Å². The predicted octanol–water partition coefficient (Wildman–Crippen LogP) is 4.80. The second-order valence-corrected chi connectivity index (χ2v) is 11.8. The van der Waals surface area contributed by atoms with Crippen LogP contribution in [-0.2, 0) is 29.4 Å². The second kappa shape index (κ2) is 12.5. The number of piperidine rings is 1. The minimum atomic E-state index is -3.55. The van der Waals surface area contributed by atoms with Crippen LogP contribution >= 0.6 is 7.82 Å². The fourth-order valence-electron chi connectivity index (χ4n) is 4.87. The van der Waals surface area contributed by atoms with E-state index in [9.17, 15) is 9.36 Å². The number of anilines is 2. The molecule has 0 atom stereocenters. The van der Waals surface area contributed by atoms with Crippen LogP contribution in [-0.4, -0.2) is 56.8 Å². The predicted molar refractivity (Wildman–Crippen MR) is 152 cm³/mol. The highest BCUT2D eigenvalue weighted by atomic mass is 31.2. The summed E-state index contributed by atoms with van der Waals surface area (Å²) in [4.78, 5) is 19.7. The molecule has 1 aromatic rings. The molecule has 3 N–H and O–H groups in total. The topological polar surface area (TPSA) is 135 Å². The minimum Gasteiger partial charge on any atom is -0.487 e. The van der Waals surface area contributed by atoms with Crippen LogP contribution < -0.4 is 20.3 Å². The Bertz CT molecular complexity index is 1210. The summed E-state index contributed by atoms with van der Waals surface area (Å²) >= 11 is 0. The van der Waals surface area contributed by atoms with E-state index in [0.717, 1.165) is 42.5 Å². The van der Waals surface area contributed by atoms with E-state index in [1.54, 1.807) is 32.3 Å². The number of carbonyl (C=O) groups is 1. The van der Waals surface area contributed by atoms with Gasteiger partial charge >= 0.3 is 7.82 Å². The van der Waals surface area contributed by atoms with Crippen LogP contribution in [0, 0.1) is 11.3 Å². The molecule has 1 saturated heterocycles. The van der Waals surface area contributed by atoms with Crippen LogP contribution in [0.4, 0.5) is 11.4 Å². The lowest BCUT2D eigenvalue weighted by atomic mass is 9.96. The fourth-order valence-corrected chi connectivity index (χ4v) is 6.12. The average molecular weight is 560 g/mol. The number of benzene rings is 1. The van der Waals surface area contributed by atoms with Gasteiger partial charge < -0.3 is 25.7 Å². The van der Waals surface area contributed by atoms with Crippen molar-refractivity contribution in [2.75, 3.05) is 43.1 Å². The Hall–Kier alpha value is -2.98. The normalized spacial score (nSPS) is 19.7. The third kappa shape index (κ3) is 7.16. The zero-order valence-corrected chi connectivity index (χ0v) is 23.9. The molecule has 0 saturated carbocycles. The largest absolute Gasteiger partial charge is 0.487 e. The van der Waals surface area contributed by atoms with Crippen molar-refractivity contribution in [1.29, 1.82) is 5.41 Å². The molecule has 1 fully saturated rings. The highest BCUT2D eigenvalue weighted by Crippen LogP contribution is 2.50. The molecule has 12 heteroatoms. The van der Waals surface area contributed by atoms with Crippen molar-refractivity contribution < 1.29 is 27.7 Å². The molecule has 0 unspecified atom stereocenters. The molecule has 3 aliphatic rings. The van der Waals surface area contributed by atoms with E-state index in [1.165, 1.54) is 0 Å². The number of phosphoric acid groups is 1. The summed E-state index contributed by atoms with van der Waals surface area (Å²) in [5.74, 6) is 0.886. The number of amides is 1. The van der Waals surface area contributed by atoms with Gasteiger partial charge in [-0.25, -0.2) is 9.56 Å². The lowest BCUT2D eigenvalue weighted by molar-refractivity contribution is -0.112. The third-order valence-corrected chi connectivity index (χ3v) is 8.29. The zero-order valence-electron chi connectivity index (χ0n) is 23.0. The van der Waals surface area contributed by atoms with Gasteiger partial charge in [-0.05, 0) is 58.6 Å². The van der Waals surface area contributed by atoms with Gasteiger partial charge in [-0.1, -0.05) is 0 Å². The Morgan fingerprint density at radius 3 is 2.59 bits per heavy atom. The van der Waals surface area contributed by atoms with E-state index >= 15 is 0 Å². The summed E-state index contributed by atoms with van der Waals surface area (Å²) in [6.45, 7) is 9.78. The number of hydrogen-bond acceptors (Lipinski definition) is 10. The first kappa shape index (κ1) is 29.0. The molecule has 39 heavy (non-hydrogen) atoms. The van der Waals surface area contributed by atoms with E-state index in [2.05, 4.69) is 20.5 Å². The van der Waals surface area contributed by atoms with Gasteiger partial charge in [0.05, 0.1) is 36.8 Å². The van der Waals surface area contributed by atoms with Crippen LogP contribution in [0.3, 0.4) is 0 Å². The van der Waals surface area contributed by atoms with Crippen LogP contribution in [0.2, 0.25) is 0 Å². The Morgan fingerprint density at radius 2 is 1.97 bits per heavy atom. The standard InChI is InChI=1S/C27H38N5O6P/c1-5-35-39(34,36-6-2)37-18-19-8-12-32(13-9-19)23-15-24-20(16-27(3,4)38-24)14-22(23)31-26(33)21(17-28)25-29-10-7-11-30-25/h7,10-11,14-15,17,19,28-29H,5-6,8-9,12-13,16,18H2,1-4H3,(H,31,33)/b25-21-,28-17?. The molecule has 0 radical (unpaired) electrons. The summed E-state index contributed by atoms with van der Waals surface area (Å²) in [6.07, 6.45) is 8.27. The van der Waals surface area contributed by atoms with E-state index in [0.29, 0.717) is 24.6 Å². The number of hydrogen-bond donors (Lipinski definition) is 3. The summed E-state index contributed by atoms with van der Waals surface area (Å²) in [6, 6.07) is 3.96. The second-order valence-electron chi connectivity index (χ2n) is 10.2. The number of ether oxygens (including phenoxy) is 1. The molecule has 3 aliphatic heterocycles. The van der Waals surface area contributed by atoms with Crippen molar-refractivity contribution >= 4 is 37.5 Å². The van der Waals surface area contributed by atoms with Gasteiger partial charge in [0.25, 0.3) is 5.91 Å². The molecule has 1 amide bonds. The quantitative estimate of drug-likeness (QED) is 0.200.